The fourth-order valence-corrected chi connectivity index (χ4v) is 5.06. The van der Waals surface area contributed by atoms with E-state index in [-0.39, 0.29) is 0 Å². The zero-order valence-electron chi connectivity index (χ0n) is 15.1. The van der Waals surface area contributed by atoms with Crippen LogP contribution in [0.25, 0.3) is 21.5 Å². The lowest BCUT2D eigenvalue weighted by molar-refractivity contribution is -0.0988. The van der Waals surface area contributed by atoms with Crippen LogP contribution in [-0.2, 0) is 0 Å². The third-order valence-electron chi connectivity index (χ3n) is 6.82. The number of benzene rings is 3. The highest BCUT2D eigenvalue weighted by Crippen LogP contribution is 2.61. The normalized spacial score (nSPS) is 27.2. The minimum atomic E-state index is 0.706. The molecule has 0 aromatic heterocycles. The zero-order chi connectivity index (χ0) is 16.7. The summed E-state index contributed by atoms with van der Waals surface area (Å²) in [5.74, 6) is 3.15. The first-order valence-corrected chi connectivity index (χ1v) is 9.43. The summed E-state index contributed by atoms with van der Waals surface area (Å²) in [7, 11) is 0. The van der Waals surface area contributed by atoms with Crippen LogP contribution in [0.5, 0.6) is 0 Å². The van der Waals surface area contributed by atoms with Gasteiger partial charge in [0.05, 0.1) is 0 Å². The molecule has 24 heavy (non-hydrogen) atoms. The zero-order valence-corrected chi connectivity index (χ0v) is 15.1. The van der Waals surface area contributed by atoms with Gasteiger partial charge in [0.1, 0.15) is 0 Å². The Hall–Kier alpha value is -1.82. The van der Waals surface area contributed by atoms with Crippen LogP contribution in [0.2, 0.25) is 0 Å². The lowest BCUT2D eigenvalue weighted by Gasteiger charge is -2.59. The highest BCUT2D eigenvalue weighted by Gasteiger charge is 2.52. The molecule has 3 saturated carbocycles. The van der Waals surface area contributed by atoms with Crippen molar-refractivity contribution in [2.24, 2.45) is 23.2 Å². The van der Waals surface area contributed by atoms with Gasteiger partial charge in [0.25, 0.3) is 0 Å². The van der Waals surface area contributed by atoms with Crippen molar-refractivity contribution in [1.82, 2.24) is 0 Å². The molecule has 0 amide bonds. The van der Waals surface area contributed by atoms with Gasteiger partial charge in [-0.2, -0.15) is 0 Å². The monoisotopic (exact) mass is 316 g/mol. The van der Waals surface area contributed by atoms with Gasteiger partial charge in [-0.1, -0.05) is 75.7 Å². The number of rotatable bonds is 0. The van der Waals surface area contributed by atoms with Gasteiger partial charge >= 0.3 is 0 Å². The Balaban J connectivity index is 0.000000129. The van der Waals surface area contributed by atoms with Gasteiger partial charge in [-0.3, -0.25) is 0 Å². The Kier molecular flexibility index (Phi) is 3.87. The minimum absolute atomic E-state index is 0.706. The fourth-order valence-electron chi connectivity index (χ4n) is 5.06. The van der Waals surface area contributed by atoms with Gasteiger partial charge in [-0.05, 0) is 69.7 Å². The second-order valence-electron chi connectivity index (χ2n) is 8.46. The van der Waals surface area contributed by atoms with Crippen LogP contribution in [0, 0.1) is 23.2 Å². The summed E-state index contributed by atoms with van der Waals surface area (Å²) in [4.78, 5) is 0. The first-order valence-electron chi connectivity index (χ1n) is 9.43. The van der Waals surface area contributed by atoms with Crippen molar-refractivity contribution in [3.8, 4) is 0 Å². The third-order valence-corrected chi connectivity index (χ3v) is 6.82. The molecule has 0 N–H and O–H groups in total. The maximum atomic E-state index is 2.46. The van der Waals surface area contributed by atoms with Crippen LogP contribution in [0.1, 0.15) is 40.0 Å². The molecule has 3 unspecified atom stereocenters. The van der Waals surface area contributed by atoms with E-state index in [0.29, 0.717) is 5.41 Å². The van der Waals surface area contributed by atoms with Gasteiger partial charge in [0.15, 0.2) is 0 Å². The van der Waals surface area contributed by atoms with Crippen LogP contribution in [-0.4, -0.2) is 0 Å². The van der Waals surface area contributed by atoms with Crippen LogP contribution in [0.15, 0.2) is 60.7 Å². The minimum Gasteiger partial charge on any atom is -0.0622 e. The Morgan fingerprint density at radius 3 is 1.50 bits per heavy atom. The molecule has 3 aliphatic carbocycles. The quantitative estimate of drug-likeness (QED) is 0.389. The summed E-state index contributed by atoms with van der Waals surface area (Å²) < 4.78 is 0. The second-order valence-corrected chi connectivity index (χ2v) is 8.46. The van der Waals surface area contributed by atoms with E-state index in [4.69, 9.17) is 0 Å². The molecule has 3 aromatic rings. The standard InChI is InChI=1S/C14H10.C10H18/c1-2-6-12-10-14-8-4-3-7-13(14)9-11(12)5-1;1-7-4-5-8-6-9(7)10(8,2)3/h1-10H;7-9H,4-6H2,1-3H3. The molecule has 0 heteroatoms. The molecule has 0 saturated heterocycles. The number of hydrogen-bond donors (Lipinski definition) is 0. The van der Waals surface area contributed by atoms with Crippen LogP contribution in [0.3, 0.4) is 0 Å². The molecular weight excluding hydrogens is 288 g/mol. The molecule has 2 bridgehead atoms. The molecule has 3 aliphatic rings. The molecular formula is C24H28. The van der Waals surface area contributed by atoms with E-state index in [1.807, 2.05) is 0 Å². The molecule has 0 nitrogen and oxygen atoms in total. The van der Waals surface area contributed by atoms with Gasteiger partial charge < -0.3 is 0 Å². The first-order chi connectivity index (χ1) is 11.6. The van der Waals surface area contributed by atoms with Crippen molar-refractivity contribution in [1.29, 1.82) is 0 Å². The van der Waals surface area contributed by atoms with Crippen molar-refractivity contribution in [3.63, 3.8) is 0 Å². The summed E-state index contributed by atoms with van der Waals surface area (Å²) in [5.41, 5.74) is 0.706. The summed E-state index contributed by atoms with van der Waals surface area (Å²) in [6.07, 6.45) is 4.54. The van der Waals surface area contributed by atoms with Crippen LogP contribution in [0.4, 0.5) is 0 Å². The highest BCUT2D eigenvalue weighted by atomic mass is 14.6. The second kappa shape index (κ2) is 5.92. The van der Waals surface area contributed by atoms with Gasteiger partial charge in [0, 0.05) is 0 Å². The summed E-state index contributed by atoms with van der Waals surface area (Å²) >= 11 is 0. The van der Waals surface area contributed by atoms with Gasteiger partial charge in [-0.15, -0.1) is 0 Å². The number of hydrogen-bond acceptors (Lipinski definition) is 0. The predicted molar refractivity (Wildman–Crippen MR) is 105 cm³/mol. The van der Waals surface area contributed by atoms with E-state index in [1.54, 1.807) is 0 Å². The molecule has 0 radical (unpaired) electrons. The Morgan fingerprint density at radius 1 is 0.750 bits per heavy atom. The Bertz CT molecular complexity index is 751. The summed E-state index contributed by atoms with van der Waals surface area (Å²) in [6.45, 7) is 7.35. The van der Waals surface area contributed by atoms with Crippen molar-refractivity contribution in [3.05, 3.63) is 60.7 Å². The van der Waals surface area contributed by atoms with Crippen molar-refractivity contribution < 1.29 is 0 Å². The molecule has 0 heterocycles. The lowest BCUT2D eigenvalue weighted by Crippen LogP contribution is -2.51. The molecule has 6 rings (SSSR count). The van der Waals surface area contributed by atoms with E-state index < -0.39 is 0 Å². The highest BCUT2D eigenvalue weighted by molar-refractivity contribution is 5.98. The van der Waals surface area contributed by atoms with Crippen LogP contribution < -0.4 is 0 Å². The maximum Gasteiger partial charge on any atom is -0.0178 e. The Morgan fingerprint density at radius 2 is 1.21 bits per heavy atom. The first kappa shape index (κ1) is 15.7. The summed E-state index contributed by atoms with van der Waals surface area (Å²) in [6, 6.07) is 21.4. The third kappa shape index (κ3) is 2.62. The van der Waals surface area contributed by atoms with Crippen molar-refractivity contribution in [2.75, 3.05) is 0 Å². The lowest BCUT2D eigenvalue weighted by atomic mass is 9.46. The smallest absolute Gasteiger partial charge is 0.0178 e. The molecule has 3 atom stereocenters. The van der Waals surface area contributed by atoms with E-state index in [1.165, 1.54) is 40.8 Å². The van der Waals surface area contributed by atoms with E-state index in [2.05, 4.69) is 81.4 Å². The number of fused-ring (bicyclic) bond motifs is 4. The molecule has 0 aliphatic heterocycles. The average molecular weight is 316 g/mol. The van der Waals surface area contributed by atoms with E-state index in [0.717, 1.165) is 17.8 Å². The SMILES string of the molecule is CC1CCC2CC1C2(C)C.c1ccc2cc3ccccc3cc2c1. The van der Waals surface area contributed by atoms with E-state index >= 15 is 0 Å². The van der Waals surface area contributed by atoms with Crippen LogP contribution >= 0.6 is 0 Å². The Labute approximate surface area is 145 Å². The molecule has 3 aromatic carbocycles. The fraction of sp³-hybridized carbons (Fsp3) is 0.417. The molecule has 3 fully saturated rings. The maximum absolute atomic E-state index is 2.46. The van der Waals surface area contributed by atoms with Gasteiger partial charge in [-0.25, -0.2) is 0 Å². The molecule has 124 valence electrons. The predicted octanol–water partition coefficient (Wildman–Crippen LogP) is 7.07. The van der Waals surface area contributed by atoms with E-state index in [9.17, 15) is 0 Å². The average Bonchev–Trinajstić information content (AvgIpc) is 2.60. The van der Waals surface area contributed by atoms with Crippen molar-refractivity contribution >= 4 is 21.5 Å². The summed E-state index contributed by atoms with van der Waals surface area (Å²) in [5, 5.41) is 5.25. The largest absolute Gasteiger partial charge is 0.0622 e. The topological polar surface area (TPSA) is 0 Å². The van der Waals surface area contributed by atoms with Gasteiger partial charge in [0.2, 0.25) is 0 Å². The molecule has 0 spiro atoms. The van der Waals surface area contributed by atoms with Crippen molar-refractivity contribution in [2.45, 2.75) is 40.0 Å².